The van der Waals surface area contributed by atoms with Crippen LogP contribution in [0.25, 0.3) is 0 Å². The summed E-state index contributed by atoms with van der Waals surface area (Å²) in [6.07, 6.45) is 3.74. The first-order chi connectivity index (χ1) is 9.79. The molecular weight excluding hydrogens is 266 g/mol. The molecule has 1 fully saturated rings. The van der Waals surface area contributed by atoms with Crippen molar-refractivity contribution in [3.05, 3.63) is 22.4 Å². The van der Waals surface area contributed by atoms with Gasteiger partial charge in [-0.05, 0) is 50.8 Å². The zero-order valence-corrected chi connectivity index (χ0v) is 13.8. The molecule has 1 aromatic heterocycles. The topological polar surface area (TPSA) is 18.5 Å². The fourth-order valence-corrected chi connectivity index (χ4v) is 3.70. The Morgan fingerprint density at radius 1 is 1.35 bits per heavy atom. The summed E-state index contributed by atoms with van der Waals surface area (Å²) >= 11 is 1.86. The lowest BCUT2D eigenvalue weighted by molar-refractivity contribution is 0.184. The van der Waals surface area contributed by atoms with E-state index < -0.39 is 0 Å². The predicted molar refractivity (Wildman–Crippen MR) is 88.7 cm³/mol. The van der Waals surface area contributed by atoms with Crippen LogP contribution in [0.5, 0.6) is 0 Å². The molecule has 4 heteroatoms. The number of hydrogen-bond acceptors (Lipinski definition) is 4. The van der Waals surface area contributed by atoms with Gasteiger partial charge < -0.3 is 10.2 Å². The third kappa shape index (κ3) is 5.17. The molecule has 1 aliphatic heterocycles. The van der Waals surface area contributed by atoms with Crippen molar-refractivity contribution in [1.82, 2.24) is 15.1 Å². The Morgan fingerprint density at radius 3 is 3.00 bits per heavy atom. The van der Waals surface area contributed by atoms with Crippen molar-refractivity contribution >= 4 is 11.3 Å². The number of thiophene rings is 1. The zero-order chi connectivity index (χ0) is 14.2. The maximum atomic E-state index is 3.60. The number of nitrogens with one attached hydrogen (secondary N) is 1. The van der Waals surface area contributed by atoms with Gasteiger partial charge in [0.2, 0.25) is 0 Å². The average molecular weight is 295 g/mol. The third-order valence-electron chi connectivity index (χ3n) is 4.20. The second-order valence-electron chi connectivity index (χ2n) is 5.79. The first-order valence-electron chi connectivity index (χ1n) is 7.95. The normalized spacial score (nSPS) is 22.0. The van der Waals surface area contributed by atoms with Gasteiger partial charge in [0.25, 0.3) is 0 Å². The van der Waals surface area contributed by atoms with Gasteiger partial charge >= 0.3 is 0 Å². The van der Waals surface area contributed by atoms with Crippen LogP contribution in [-0.2, 0) is 6.42 Å². The molecule has 0 amide bonds. The second kappa shape index (κ2) is 8.78. The average Bonchev–Trinajstić information content (AvgIpc) is 2.89. The van der Waals surface area contributed by atoms with Gasteiger partial charge in [-0.3, -0.25) is 4.90 Å². The van der Waals surface area contributed by atoms with Crippen molar-refractivity contribution in [1.29, 1.82) is 0 Å². The van der Waals surface area contributed by atoms with Crippen molar-refractivity contribution in [2.75, 3.05) is 46.3 Å². The van der Waals surface area contributed by atoms with Crippen molar-refractivity contribution < 1.29 is 0 Å². The van der Waals surface area contributed by atoms with Crippen LogP contribution in [0.1, 0.15) is 24.6 Å². The van der Waals surface area contributed by atoms with Gasteiger partial charge in [-0.2, -0.15) is 0 Å². The maximum Gasteiger partial charge on any atom is 0.0220 e. The van der Waals surface area contributed by atoms with Gasteiger partial charge in [-0.1, -0.05) is 13.0 Å². The van der Waals surface area contributed by atoms with Gasteiger partial charge in [-0.15, -0.1) is 11.3 Å². The van der Waals surface area contributed by atoms with Crippen LogP contribution >= 0.6 is 11.3 Å². The summed E-state index contributed by atoms with van der Waals surface area (Å²) in [6, 6.07) is 5.10. The van der Waals surface area contributed by atoms with Crippen LogP contribution in [0.15, 0.2) is 17.5 Å². The van der Waals surface area contributed by atoms with E-state index in [0.717, 1.165) is 25.6 Å². The zero-order valence-electron chi connectivity index (χ0n) is 13.0. The van der Waals surface area contributed by atoms with Crippen molar-refractivity contribution in [3.8, 4) is 0 Å². The van der Waals surface area contributed by atoms with E-state index in [9.17, 15) is 0 Å². The van der Waals surface area contributed by atoms with E-state index in [1.54, 1.807) is 0 Å². The molecule has 0 saturated carbocycles. The minimum absolute atomic E-state index is 0.738. The molecule has 20 heavy (non-hydrogen) atoms. The third-order valence-corrected chi connectivity index (χ3v) is 5.14. The molecule has 2 heterocycles. The quantitative estimate of drug-likeness (QED) is 0.779. The fraction of sp³-hybridized carbons (Fsp3) is 0.750. The lowest BCUT2D eigenvalue weighted by Gasteiger charge is -2.30. The summed E-state index contributed by atoms with van der Waals surface area (Å²) in [7, 11) is 2.26. The molecule has 1 aromatic rings. The van der Waals surface area contributed by atoms with E-state index in [0.29, 0.717) is 0 Å². The highest BCUT2D eigenvalue weighted by atomic mass is 32.1. The summed E-state index contributed by atoms with van der Waals surface area (Å²) in [5.74, 6) is 0. The first kappa shape index (κ1) is 16.0. The number of nitrogens with zero attached hydrogens (tertiary/aromatic N) is 2. The van der Waals surface area contributed by atoms with Crippen molar-refractivity contribution in [2.45, 2.75) is 32.2 Å². The lowest BCUT2D eigenvalue weighted by atomic mass is 10.2. The number of rotatable bonds is 7. The largest absolute Gasteiger partial charge is 0.315 e. The van der Waals surface area contributed by atoms with Crippen LogP contribution in [0.2, 0.25) is 0 Å². The predicted octanol–water partition coefficient (Wildman–Crippen LogP) is 2.30. The second-order valence-corrected chi connectivity index (χ2v) is 6.83. The Morgan fingerprint density at radius 2 is 2.25 bits per heavy atom. The van der Waals surface area contributed by atoms with E-state index in [-0.39, 0.29) is 0 Å². The molecule has 2 rings (SSSR count). The Kier molecular flexibility index (Phi) is 7.00. The number of hydrogen-bond donors (Lipinski definition) is 1. The molecular formula is C16H29N3S. The molecule has 0 aromatic carbocycles. The van der Waals surface area contributed by atoms with E-state index in [4.69, 9.17) is 0 Å². The molecule has 1 saturated heterocycles. The van der Waals surface area contributed by atoms with Gasteiger partial charge in [0.1, 0.15) is 0 Å². The summed E-state index contributed by atoms with van der Waals surface area (Å²) < 4.78 is 0. The summed E-state index contributed by atoms with van der Waals surface area (Å²) in [5.41, 5.74) is 0. The van der Waals surface area contributed by atoms with E-state index >= 15 is 0 Å². The maximum absolute atomic E-state index is 3.60. The van der Waals surface area contributed by atoms with Crippen LogP contribution in [-0.4, -0.2) is 62.2 Å². The van der Waals surface area contributed by atoms with E-state index in [1.165, 1.54) is 43.9 Å². The van der Waals surface area contributed by atoms with Gasteiger partial charge in [0, 0.05) is 37.1 Å². The summed E-state index contributed by atoms with van der Waals surface area (Å²) in [4.78, 5) is 6.65. The van der Waals surface area contributed by atoms with Crippen LogP contribution in [0.3, 0.4) is 0 Å². The van der Waals surface area contributed by atoms with E-state index in [1.807, 2.05) is 11.3 Å². The molecule has 1 aliphatic rings. The highest BCUT2D eigenvalue weighted by molar-refractivity contribution is 7.09. The minimum atomic E-state index is 0.738. The van der Waals surface area contributed by atoms with Gasteiger partial charge in [0.15, 0.2) is 0 Å². The Bertz CT molecular complexity index is 353. The SMILES string of the molecule is CCC1CN(C)CCCN1CCNCCc1cccs1. The van der Waals surface area contributed by atoms with Gasteiger partial charge in [-0.25, -0.2) is 0 Å². The standard InChI is InChI=1S/C16H29N3S/c1-3-15-14-18(2)10-5-11-19(15)12-9-17-8-7-16-6-4-13-20-16/h4,6,13,15,17H,3,5,7-12,14H2,1-2H3. The molecule has 1 N–H and O–H groups in total. The lowest BCUT2D eigenvalue weighted by Crippen LogP contribution is -2.43. The van der Waals surface area contributed by atoms with Crippen LogP contribution < -0.4 is 5.32 Å². The monoisotopic (exact) mass is 295 g/mol. The smallest absolute Gasteiger partial charge is 0.0220 e. The fourth-order valence-electron chi connectivity index (χ4n) is 2.99. The van der Waals surface area contributed by atoms with Crippen LogP contribution in [0, 0.1) is 0 Å². The highest BCUT2D eigenvalue weighted by Crippen LogP contribution is 2.11. The van der Waals surface area contributed by atoms with Crippen molar-refractivity contribution in [2.24, 2.45) is 0 Å². The highest BCUT2D eigenvalue weighted by Gasteiger charge is 2.21. The molecule has 3 nitrogen and oxygen atoms in total. The Hall–Kier alpha value is -0.420. The van der Waals surface area contributed by atoms with E-state index in [2.05, 4.69) is 46.6 Å². The Labute approximate surface area is 128 Å². The molecule has 0 aliphatic carbocycles. The first-order valence-corrected chi connectivity index (χ1v) is 8.83. The molecule has 0 radical (unpaired) electrons. The Balaban J connectivity index is 1.64. The molecule has 0 spiro atoms. The molecule has 1 atom stereocenters. The molecule has 114 valence electrons. The molecule has 0 bridgehead atoms. The summed E-state index contributed by atoms with van der Waals surface area (Å²) in [5, 5.41) is 5.76. The minimum Gasteiger partial charge on any atom is -0.315 e. The molecule has 1 unspecified atom stereocenters. The van der Waals surface area contributed by atoms with Crippen LogP contribution in [0.4, 0.5) is 0 Å². The van der Waals surface area contributed by atoms with Gasteiger partial charge in [0.05, 0.1) is 0 Å². The van der Waals surface area contributed by atoms with Crippen molar-refractivity contribution in [3.63, 3.8) is 0 Å². The number of likely N-dealkylation sites (N-methyl/N-ethyl adjacent to an activating group) is 1. The summed E-state index contributed by atoms with van der Waals surface area (Å²) in [6.45, 7) is 9.47.